The van der Waals surface area contributed by atoms with Crippen molar-refractivity contribution < 1.29 is 9.53 Å². The molecule has 4 nitrogen and oxygen atoms in total. The number of nitrogens with zero attached hydrogens (tertiary/aromatic N) is 1. The average molecular weight is 242 g/mol. The van der Waals surface area contributed by atoms with Gasteiger partial charge in [-0.1, -0.05) is 12.1 Å². The summed E-state index contributed by atoms with van der Waals surface area (Å²) in [6.45, 7) is 5.46. The number of aromatic nitrogens is 1. The van der Waals surface area contributed by atoms with Gasteiger partial charge in [-0.2, -0.15) is 5.26 Å². The highest BCUT2D eigenvalue weighted by atomic mass is 16.6. The van der Waals surface area contributed by atoms with Gasteiger partial charge in [-0.15, -0.1) is 0 Å². The summed E-state index contributed by atoms with van der Waals surface area (Å²) in [6, 6.07) is 7.32. The maximum absolute atomic E-state index is 12.0. The Hall–Kier alpha value is -2.28. The lowest BCUT2D eigenvalue weighted by atomic mass is 10.1. The molecule has 2 rings (SSSR count). The van der Waals surface area contributed by atoms with Crippen molar-refractivity contribution in [2.24, 2.45) is 0 Å². The molecule has 92 valence electrons. The zero-order valence-electron chi connectivity index (χ0n) is 10.6. The summed E-state index contributed by atoms with van der Waals surface area (Å²) < 4.78 is 5.33. The van der Waals surface area contributed by atoms with E-state index in [0.29, 0.717) is 16.6 Å². The van der Waals surface area contributed by atoms with Gasteiger partial charge < -0.3 is 9.72 Å². The summed E-state index contributed by atoms with van der Waals surface area (Å²) in [6.07, 6.45) is 1.60. The second kappa shape index (κ2) is 4.19. The Morgan fingerprint density at radius 2 is 2.11 bits per heavy atom. The van der Waals surface area contributed by atoms with Gasteiger partial charge in [0, 0.05) is 11.6 Å². The quantitative estimate of drug-likeness (QED) is 0.782. The number of H-pyrrole nitrogens is 1. The molecule has 0 aliphatic carbocycles. The molecule has 1 aromatic carbocycles. The number of nitrogens with one attached hydrogen (secondary N) is 1. The molecule has 0 aliphatic heterocycles. The van der Waals surface area contributed by atoms with Crippen molar-refractivity contribution in [1.82, 2.24) is 4.98 Å². The third kappa shape index (κ3) is 2.21. The van der Waals surface area contributed by atoms with E-state index in [4.69, 9.17) is 10.00 Å². The second-order valence-electron chi connectivity index (χ2n) is 5.04. The van der Waals surface area contributed by atoms with Crippen LogP contribution in [0.25, 0.3) is 10.9 Å². The second-order valence-corrected chi connectivity index (χ2v) is 5.04. The van der Waals surface area contributed by atoms with E-state index in [0.717, 1.165) is 5.39 Å². The van der Waals surface area contributed by atoms with Crippen LogP contribution in [-0.2, 0) is 4.74 Å². The molecule has 0 saturated carbocycles. The minimum Gasteiger partial charge on any atom is -0.456 e. The van der Waals surface area contributed by atoms with Crippen molar-refractivity contribution in [3.05, 3.63) is 35.5 Å². The number of benzene rings is 1. The first-order chi connectivity index (χ1) is 8.42. The number of rotatable bonds is 1. The van der Waals surface area contributed by atoms with Gasteiger partial charge in [-0.05, 0) is 26.8 Å². The van der Waals surface area contributed by atoms with Gasteiger partial charge >= 0.3 is 5.97 Å². The van der Waals surface area contributed by atoms with Crippen molar-refractivity contribution in [3.8, 4) is 6.07 Å². The molecule has 0 spiro atoms. The molecular weight excluding hydrogens is 228 g/mol. The Balaban J connectivity index is 2.50. The molecule has 0 fully saturated rings. The average Bonchev–Trinajstić information content (AvgIpc) is 2.69. The van der Waals surface area contributed by atoms with Crippen LogP contribution in [0.1, 0.15) is 36.7 Å². The van der Waals surface area contributed by atoms with Crippen molar-refractivity contribution in [2.75, 3.05) is 0 Å². The predicted octanol–water partition coefficient (Wildman–Crippen LogP) is 2.99. The molecule has 0 aliphatic rings. The zero-order chi connectivity index (χ0) is 13.3. The zero-order valence-corrected chi connectivity index (χ0v) is 10.6. The van der Waals surface area contributed by atoms with Crippen LogP contribution in [0.4, 0.5) is 0 Å². The maximum Gasteiger partial charge on any atom is 0.340 e. The Morgan fingerprint density at radius 3 is 2.72 bits per heavy atom. The first-order valence-corrected chi connectivity index (χ1v) is 5.66. The molecule has 0 amide bonds. The van der Waals surface area contributed by atoms with E-state index in [2.05, 4.69) is 11.1 Å². The third-order valence-corrected chi connectivity index (χ3v) is 2.45. The van der Waals surface area contributed by atoms with E-state index in [1.807, 2.05) is 20.8 Å². The molecule has 1 heterocycles. The predicted molar refractivity (Wildman–Crippen MR) is 68.2 cm³/mol. The maximum atomic E-state index is 12.0. The topological polar surface area (TPSA) is 65.9 Å². The first-order valence-electron chi connectivity index (χ1n) is 5.66. The Morgan fingerprint density at radius 1 is 1.39 bits per heavy atom. The summed E-state index contributed by atoms with van der Waals surface area (Å²) >= 11 is 0. The van der Waals surface area contributed by atoms with Gasteiger partial charge in [-0.25, -0.2) is 4.79 Å². The molecule has 0 atom stereocenters. The van der Waals surface area contributed by atoms with Crippen LogP contribution in [0.2, 0.25) is 0 Å². The molecule has 0 radical (unpaired) electrons. The number of carbonyl (C=O) groups is 1. The number of hydrogen-bond donors (Lipinski definition) is 1. The minimum absolute atomic E-state index is 0.389. The Bertz CT molecular complexity index is 642. The lowest BCUT2D eigenvalue weighted by Gasteiger charge is -2.19. The SMILES string of the molecule is CC(C)(C)OC(=O)c1cccc2c(C#N)c[nH]c12. The number of para-hydroxylation sites is 1. The molecule has 1 aromatic heterocycles. The van der Waals surface area contributed by atoms with Crippen molar-refractivity contribution >= 4 is 16.9 Å². The van der Waals surface area contributed by atoms with E-state index >= 15 is 0 Å². The van der Waals surface area contributed by atoms with Gasteiger partial charge in [0.2, 0.25) is 0 Å². The number of fused-ring (bicyclic) bond motifs is 1. The van der Waals surface area contributed by atoms with E-state index in [1.54, 1.807) is 24.4 Å². The normalized spacial score (nSPS) is 11.2. The van der Waals surface area contributed by atoms with Crippen LogP contribution in [0.5, 0.6) is 0 Å². The largest absolute Gasteiger partial charge is 0.456 e. The number of esters is 1. The molecule has 0 bridgehead atoms. The van der Waals surface area contributed by atoms with Gasteiger partial charge in [0.1, 0.15) is 11.7 Å². The van der Waals surface area contributed by atoms with Crippen LogP contribution in [0.3, 0.4) is 0 Å². The summed E-state index contributed by atoms with van der Waals surface area (Å²) in [7, 11) is 0. The standard InChI is InChI=1S/C14H14N2O2/c1-14(2,3)18-13(17)11-6-4-5-10-9(7-15)8-16-12(10)11/h4-6,8,16H,1-3H3. The third-order valence-electron chi connectivity index (χ3n) is 2.45. The van der Waals surface area contributed by atoms with E-state index in [9.17, 15) is 4.79 Å². The molecule has 4 heteroatoms. The van der Waals surface area contributed by atoms with Crippen LogP contribution in [0, 0.1) is 11.3 Å². The highest BCUT2D eigenvalue weighted by Crippen LogP contribution is 2.23. The monoisotopic (exact) mass is 242 g/mol. The minimum atomic E-state index is -0.538. The molecule has 0 saturated heterocycles. The lowest BCUT2D eigenvalue weighted by molar-refractivity contribution is 0.00717. The number of aromatic amines is 1. The molecule has 0 unspecified atom stereocenters. The first kappa shape index (κ1) is 12.2. The number of nitriles is 1. The molecular formula is C14H14N2O2. The summed E-state index contributed by atoms with van der Waals surface area (Å²) in [5.41, 5.74) is 1.08. The Labute approximate surface area is 105 Å². The number of hydrogen-bond acceptors (Lipinski definition) is 3. The summed E-state index contributed by atoms with van der Waals surface area (Å²) in [5, 5.41) is 9.69. The van der Waals surface area contributed by atoms with Crippen molar-refractivity contribution in [2.45, 2.75) is 26.4 Å². The lowest BCUT2D eigenvalue weighted by Crippen LogP contribution is -2.24. The molecule has 1 N–H and O–H groups in total. The highest BCUT2D eigenvalue weighted by Gasteiger charge is 2.20. The fourth-order valence-electron chi connectivity index (χ4n) is 1.75. The van der Waals surface area contributed by atoms with Gasteiger partial charge in [-0.3, -0.25) is 0 Å². The van der Waals surface area contributed by atoms with E-state index < -0.39 is 5.60 Å². The molecule has 18 heavy (non-hydrogen) atoms. The van der Waals surface area contributed by atoms with Crippen molar-refractivity contribution in [3.63, 3.8) is 0 Å². The van der Waals surface area contributed by atoms with Gasteiger partial charge in [0.25, 0.3) is 0 Å². The molecule has 2 aromatic rings. The fourth-order valence-corrected chi connectivity index (χ4v) is 1.75. The van der Waals surface area contributed by atoms with Crippen molar-refractivity contribution in [1.29, 1.82) is 5.26 Å². The highest BCUT2D eigenvalue weighted by molar-refractivity contribution is 6.04. The number of carbonyl (C=O) groups excluding carboxylic acids is 1. The van der Waals surface area contributed by atoms with Crippen LogP contribution < -0.4 is 0 Å². The van der Waals surface area contributed by atoms with Gasteiger partial charge in [0.15, 0.2) is 0 Å². The Kier molecular flexibility index (Phi) is 2.84. The van der Waals surface area contributed by atoms with E-state index in [-0.39, 0.29) is 5.97 Å². The van der Waals surface area contributed by atoms with Crippen LogP contribution >= 0.6 is 0 Å². The van der Waals surface area contributed by atoms with Gasteiger partial charge in [0.05, 0.1) is 16.6 Å². The van der Waals surface area contributed by atoms with Crippen LogP contribution in [0.15, 0.2) is 24.4 Å². The summed E-state index contributed by atoms with van der Waals surface area (Å²) in [5.74, 6) is -0.389. The van der Waals surface area contributed by atoms with E-state index in [1.165, 1.54) is 0 Å². The van der Waals surface area contributed by atoms with Crippen LogP contribution in [-0.4, -0.2) is 16.6 Å². The number of ether oxygens (including phenoxy) is 1. The smallest absolute Gasteiger partial charge is 0.340 e. The summed E-state index contributed by atoms with van der Waals surface area (Å²) in [4.78, 5) is 15.0. The fraction of sp³-hybridized carbons (Fsp3) is 0.286.